The molecule has 1 heterocycles. The molecule has 1 spiro atoms. The molecule has 2 N–H and O–H groups in total. The summed E-state index contributed by atoms with van der Waals surface area (Å²) in [4.78, 5) is 0. The molecular weight excluding hydrogens is 200 g/mol. The van der Waals surface area contributed by atoms with Crippen molar-refractivity contribution in [2.45, 2.75) is 31.7 Å². The van der Waals surface area contributed by atoms with Gasteiger partial charge in [0, 0.05) is 19.1 Å². The van der Waals surface area contributed by atoms with Crippen LogP contribution < -0.4 is 5.73 Å². The third-order valence-corrected chi connectivity index (χ3v) is 4.95. The van der Waals surface area contributed by atoms with Crippen LogP contribution in [0.25, 0.3) is 0 Å². The van der Waals surface area contributed by atoms with Crippen LogP contribution in [0.15, 0.2) is 0 Å². The standard InChI is InChI=1S/C9H18N2O2S/c1-14(12,13)11-4-2-9(3-5-11)6-8(10)7-9/h8H,2-7,10H2,1H3. The molecule has 2 aliphatic rings. The molecule has 1 aliphatic heterocycles. The molecule has 0 aromatic rings. The highest BCUT2D eigenvalue weighted by atomic mass is 32.2. The minimum atomic E-state index is -2.97. The lowest BCUT2D eigenvalue weighted by molar-refractivity contribution is 0.0417. The Kier molecular flexibility index (Phi) is 2.36. The predicted molar refractivity (Wildman–Crippen MR) is 55.3 cm³/mol. The average Bonchev–Trinajstić information content (AvgIpc) is 2.01. The Labute approximate surface area is 85.5 Å². The highest BCUT2D eigenvalue weighted by Gasteiger charge is 2.45. The van der Waals surface area contributed by atoms with Crippen molar-refractivity contribution >= 4 is 10.0 Å². The average molecular weight is 218 g/mol. The zero-order valence-corrected chi connectivity index (χ0v) is 9.39. The molecule has 82 valence electrons. The topological polar surface area (TPSA) is 63.4 Å². The molecule has 5 heteroatoms. The van der Waals surface area contributed by atoms with Crippen molar-refractivity contribution in [2.75, 3.05) is 19.3 Å². The molecule has 2 fully saturated rings. The van der Waals surface area contributed by atoms with E-state index in [9.17, 15) is 8.42 Å². The lowest BCUT2D eigenvalue weighted by atomic mass is 9.61. The molecule has 1 saturated heterocycles. The van der Waals surface area contributed by atoms with Gasteiger partial charge in [-0.05, 0) is 31.1 Å². The second-order valence-electron chi connectivity index (χ2n) is 4.83. The van der Waals surface area contributed by atoms with Crippen molar-refractivity contribution in [2.24, 2.45) is 11.1 Å². The van der Waals surface area contributed by atoms with Gasteiger partial charge in [-0.15, -0.1) is 0 Å². The zero-order valence-electron chi connectivity index (χ0n) is 8.57. The zero-order chi connectivity index (χ0) is 10.4. The molecule has 0 aromatic carbocycles. The Morgan fingerprint density at radius 2 is 1.79 bits per heavy atom. The van der Waals surface area contributed by atoms with Crippen LogP contribution in [-0.4, -0.2) is 38.1 Å². The van der Waals surface area contributed by atoms with Gasteiger partial charge in [-0.25, -0.2) is 12.7 Å². The number of hydrogen-bond acceptors (Lipinski definition) is 3. The highest BCUT2D eigenvalue weighted by Crippen LogP contribution is 2.48. The maximum atomic E-state index is 11.3. The summed E-state index contributed by atoms with van der Waals surface area (Å²) in [6.07, 6.45) is 5.45. The Bertz CT molecular complexity index is 310. The highest BCUT2D eigenvalue weighted by molar-refractivity contribution is 7.88. The fourth-order valence-electron chi connectivity index (χ4n) is 2.75. The second-order valence-corrected chi connectivity index (χ2v) is 6.81. The Hall–Kier alpha value is -0.130. The molecular formula is C9H18N2O2S. The lowest BCUT2D eigenvalue weighted by Crippen LogP contribution is -2.52. The number of sulfonamides is 1. The largest absolute Gasteiger partial charge is 0.328 e. The number of hydrogen-bond donors (Lipinski definition) is 1. The summed E-state index contributed by atoms with van der Waals surface area (Å²) in [6, 6.07) is 0.361. The third kappa shape index (κ3) is 1.81. The van der Waals surface area contributed by atoms with Gasteiger partial charge < -0.3 is 5.73 Å². The van der Waals surface area contributed by atoms with Crippen molar-refractivity contribution in [1.29, 1.82) is 0 Å². The quantitative estimate of drug-likeness (QED) is 0.681. The molecule has 0 radical (unpaired) electrons. The van der Waals surface area contributed by atoms with Crippen LogP contribution in [0, 0.1) is 5.41 Å². The summed E-state index contributed by atoms with van der Waals surface area (Å²) in [6.45, 7) is 1.37. The molecule has 0 atom stereocenters. The van der Waals surface area contributed by atoms with Crippen LogP contribution in [0.4, 0.5) is 0 Å². The van der Waals surface area contributed by atoms with E-state index in [1.165, 1.54) is 6.26 Å². The Balaban J connectivity index is 1.93. The summed E-state index contributed by atoms with van der Waals surface area (Å²) in [7, 11) is -2.97. The predicted octanol–water partition coefficient (Wildman–Crippen LogP) is 0.149. The minimum Gasteiger partial charge on any atom is -0.328 e. The van der Waals surface area contributed by atoms with Crippen LogP contribution in [0.3, 0.4) is 0 Å². The van der Waals surface area contributed by atoms with Crippen molar-refractivity contribution in [3.8, 4) is 0 Å². The summed E-state index contributed by atoms with van der Waals surface area (Å²) in [5, 5.41) is 0. The van der Waals surface area contributed by atoms with Gasteiger partial charge in [0.15, 0.2) is 0 Å². The van der Waals surface area contributed by atoms with E-state index in [2.05, 4.69) is 0 Å². The van der Waals surface area contributed by atoms with Crippen molar-refractivity contribution in [3.05, 3.63) is 0 Å². The summed E-state index contributed by atoms with van der Waals surface area (Å²) in [5.41, 5.74) is 6.16. The van der Waals surface area contributed by atoms with E-state index >= 15 is 0 Å². The van der Waals surface area contributed by atoms with E-state index < -0.39 is 10.0 Å². The summed E-state index contributed by atoms with van der Waals surface area (Å²) >= 11 is 0. The lowest BCUT2D eigenvalue weighted by Gasteiger charge is -2.50. The summed E-state index contributed by atoms with van der Waals surface area (Å²) < 4.78 is 24.1. The van der Waals surface area contributed by atoms with Crippen LogP contribution in [0.2, 0.25) is 0 Å². The number of rotatable bonds is 1. The summed E-state index contributed by atoms with van der Waals surface area (Å²) in [5.74, 6) is 0. The Morgan fingerprint density at radius 3 is 2.14 bits per heavy atom. The van der Waals surface area contributed by atoms with Crippen LogP contribution in [-0.2, 0) is 10.0 Å². The third-order valence-electron chi connectivity index (χ3n) is 3.64. The Morgan fingerprint density at radius 1 is 1.29 bits per heavy atom. The van der Waals surface area contributed by atoms with E-state index in [-0.39, 0.29) is 0 Å². The van der Waals surface area contributed by atoms with Gasteiger partial charge in [0.2, 0.25) is 10.0 Å². The van der Waals surface area contributed by atoms with Gasteiger partial charge >= 0.3 is 0 Å². The fourth-order valence-corrected chi connectivity index (χ4v) is 3.60. The van der Waals surface area contributed by atoms with Crippen LogP contribution >= 0.6 is 0 Å². The molecule has 0 aromatic heterocycles. The number of piperidine rings is 1. The molecule has 0 bridgehead atoms. The van der Waals surface area contributed by atoms with E-state index in [1.54, 1.807) is 4.31 Å². The van der Waals surface area contributed by atoms with E-state index in [4.69, 9.17) is 5.73 Å². The smallest absolute Gasteiger partial charge is 0.211 e. The van der Waals surface area contributed by atoms with Crippen LogP contribution in [0.5, 0.6) is 0 Å². The van der Waals surface area contributed by atoms with Gasteiger partial charge in [0.1, 0.15) is 0 Å². The molecule has 2 rings (SSSR count). The maximum absolute atomic E-state index is 11.3. The van der Waals surface area contributed by atoms with Crippen molar-refractivity contribution in [1.82, 2.24) is 4.31 Å². The van der Waals surface area contributed by atoms with E-state index in [0.717, 1.165) is 25.7 Å². The van der Waals surface area contributed by atoms with Gasteiger partial charge in [-0.1, -0.05) is 0 Å². The second kappa shape index (κ2) is 3.18. The maximum Gasteiger partial charge on any atom is 0.211 e. The first kappa shape index (κ1) is 10.4. The molecule has 1 aliphatic carbocycles. The molecule has 1 saturated carbocycles. The first-order chi connectivity index (χ1) is 6.41. The van der Waals surface area contributed by atoms with E-state index in [1.807, 2.05) is 0 Å². The number of nitrogens with zero attached hydrogens (tertiary/aromatic N) is 1. The van der Waals surface area contributed by atoms with Gasteiger partial charge in [0.25, 0.3) is 0 Å². The van der Waals surface area contributed by atoms with Gasteiger partial charge in [-0.2, -0.15) is 0 Å². The first-order valence-electron chi connectivity index (χ1n) is 5.12. The molecule has 4 nitrogen and oxygen atoms in total. The SMILES string of the molecule is CS(=O)(=O)N1CCC2(CC1)CC(N)C2. The fraction of sp³-hybridized carbons (Fsp3) is 1.00. The molecule has 0 amide bonds. The van der Waals surface area contributed by atoms with Crippen LogP contribution in [0.1, 0.15) is 25.7 Å². The van der Waals surface area contributed by atoms with E-state index in [0.29, 0.717) is 24.5 Å². The van der Waals surface area contributed by atoms with Gasteiger partial charge in [-0.3, -0.25) is 0 Å². The van der Waals surface area contributed by atoms with Crippen molar-refractivity contribution < 1.29 is 8.42 Å². The van der Waals surface area contributed by atoms with Crippen molar-refractivity contribution in [3.63, 3.8) is 0 Å². The van der Waals surface area contributed by atoms with Gasteiger partial charge in [0.05, 0.1) is 6.26 Å². The molecule has 0 unspecified atom stereocenters. The minimum absolute atomic E-state index is 0.361. The first-order valence-corrected chi connectivity index (χ1v) is 6.97. The molecule has 14 heavy (non-hydrogen) atoms. The monoisotopic (exact) mass is 218 g/mol. The normalized spacial score (nSPS) is 29.0. The number of nitrogens with two attached hydrogens (primary N) is 1.